The van der Waals surface area contributed by atoms with Gasteiger partial charge in [0.05, 0.1) is 38.3 Å². The fraction of sp³-hybridized carbons (Fsp3) is 0.160. The minimum absolute atomic E-state index is 0.0206. The average molecular weight is 571 g/mol. The van der Waals surface area contributed by atoms with Gasteiger partial charge >= 0.3 is 5.97 Å². The Morgan fingerprint density at radius 2 is 1.13 bits per heavy atom. The molecule has 2 amide bonds. The van der Waals surface area contributed by atoms with Crippen molar-refractivity contribution in [2.24, 2.45) is 0 Å². The van der Waals surface area contributed by atoms with Crippen LogP contribution in [-0.2, 0) is 21.1 Å². The molecule has 0 atom stereocenters. The Morgan fingerprint density at radius 1 is 0.692 bits per heavy atom. The van der Waals surface area contributed by atoms with Crippen LogP contribution in [-0.4, -0.2) is 44.2 Å². The number of nitro groups is 2. The highest BCUT2D eigenvalue weighted by Gasteiger charge is 2.14. The fourth-order valence-corrected chi connectivity index (χ4v) is 4.79. The van der Waals surface area contributed by atoms with Gasteiger partial charge in [-0.05, 0) is 29.3 Å². The van der Waals surface area contributed by atoms with Gasteiger partial charge in [0.25, 0.3) is 11.4 Å². The number of amides is 2. The van der Waals surface area contributed by atoms with Gasteiger partial charge < -0.3 is 15.7 Å². The van der Waals surface area contributed by atoms with E-state index in [2.05, 4.69) is 10.6 Å². The van der Waals surface area contributed by atoms with E-state index >= 15 is 0 Å². The number of carbonyl (C=O) groups excluding carboxylic acids is 2. The molecule has 0 aliphatic rings. The maximum Gasteiger partial charge on any atom is 0.335 e. The van der Waals surface area contributed by atoms with Gasteiger partial charge in [-0.3, -0.25) is 29.8 Å². The zero-order chi connectivity index (χ0) is 28.4. The summed E-state index contributed by atoms with van der Waals surface area (Å²) < 4.78 is 0. The van der Waals surface area contributed by atoms with E-state index in [4.69, 9.17) is 0 Å². The topological polar surface area (TPSA) is 182 Å². The molecular weight excluding hydrogens is 548 g/mol. The van der Waals surface area contributed by atoms with Gasteiger partial charge in [-0.15, -0.1) is 23.5 Å². The van der Waals surface area contributed by atoms with Crippen molar-refractivity contribution in [2.75, 3.05) is 22.1 Å². The molecule has 0 aromatic heterocycles. The van der Waals surface area contributed by atoms with Gasteiger partial charge in [-0.2, -0.15) is 0 Å². The third-order valence-electron chi connectivity index (χ3n) is 5.11. The van der Waals surface area contributed by atoms with Crippen molar-refractivity contribution >= 4 is 64.1 Å². The van der Waals surface area contributed by atoms with Crippen LogP contribution in [0.15, 0.2) is 66.7 Å². The highest BCUT2D eigenvalue weighted by Crippen LogP contribution is 2.25. The Hall–Kier alpha value is -4.43. The summed E-state index contributed by atoms with van der Waals surface area (Å²) in [6.07, 6.45) is 0. The summed E-state index contributed by atoms with van der Waals surface area (Å²) in [4.78, 5) is 57.0. The fourth-order valence-electron chi connectivity index (χ4n) is 3.21. The van der Waals surface area contributed by atoms with Crippen LogP contribution in [0.4, 0.5) is 22.7 Å². The Kier molecular flexibility index (Phi) is 10.4. The molecule has 0 spiro atoms. The maximum atomic E-state index is 12.5. The van der Waals surface area contributed by atoms with Crippen molar-refractivity contribution in [1.29, 1.82) is 0 Å². The van der Waals surface area contributed by atoms with Gasteiger partial charge in [0.15, 0.2) is 0 Å². The van der Waals surface area contributed by atoms with Crippen molar-refractivity contribution in [2.45, 2.75) is 11.5 Å². The molecule has 0 aliphatic carbocycles. The van der Waals surface area contributed by atoms with E-state index in [1.54, 1.807) is 24.3 Å². The van der Waals surface area contributed by atoms with Crippen LogP contribution < -0.4 is 10.6 Å². The van der Waals surface area contributed by atoms with Crippen LogP contribution in [0.2, 0.25) is 0 Å². The third-order valence-corrected chi connectivity index (χ3v) is 7.12. The van der Waals surface area contributed by atoms with Gasteiger partial charge in [-0.1, -0.05) is 24.3 Å². The van der Waals surface area contributed by atoms with Crippen LogP contribution in [0.3, 0.4) is 0 Å². The van der Waals surface area contributed by atoms with Crippen LogP contribution in [0.1, 0.15) is 21.5 Å². The molecule has 0 heterocycles. The number of anilines is 2. The van der Waals surface area contributed by atoms with Crippen LogP contribution in [0.5, 0.6) is 0 Å². The molecule has 14 heteroatoms. The second kappa shape index (κ2) is 13.9. The lowest BCUT2D eigenvalue weighted by Crippen LogP contribution is -2.19. The van der Waals surface area contributed by atoms with E-state index < -0.39 is 21.7 Å². The van der Waals surface area contributed by atoms with E-state index in [9.17, 15) is 39.7 Å². The number of carbonyl (C=O) groups is 3. The van der Waals surface area contributed by atoms with Crippen LogP contribution >= 0.6 is 23.5 Å². The Balaban J connectivity index is 1.55. The number of non-ortho nitro benzene ring substituents is 2. The number of hydrogen-bond donors (Lipinski definition) is 3. The molecule has 3 aromatic carbocycles. The molecule has 0 saturated carbocycles. The summed E-state index contributed by atoms with van der Waals surface area (Å²) in [6.45, 7) is 0. The van der Waals surface area contributed by atoms with Gasteiger partial charge in [0.1, 0.15) is 0 Å². The van der Waals surface area contributed by atoms with Crippen molar-refractivity contribution < 1.29 is 29.3 Å². The zero-order valence-corrected chi connectivity index (χ0v) is 21.8. The number of rotatable bonds is 13. The number of hydrogen-bond acceptors (Lipinski definition) is 9. The third kappa shape index (κ3) is 9.12. The average Bonchev–Trinajstić information content (AvgIpc) is 2.90. The monoisotopic (exact) mass is 570 g/mol. The first-order valence-electron chi connectivity index (χ1n) is 11.2. The van der Waals surface area contributed by atoms with E-state index in [0.29, 0.717) is 11.5 Å². The van der Waals surface area contributed by atoms with Gasteiger partial charge in [-0.25, -0.2) is 4.79 Å². The number of nitrogens with one attached hydrogen (secondary N) is 2. The van der Waals surface area contributed by atoms with Crippen LogP contribution in [0, 0.1) is 20.2 Å². The van der Waals surface area contributed by atoms with E-state index in [1.807, 2.05) is 0 Å². The van der Waals surface area contributed by atoms with Gasteiger partial charge in [0.2, 0.25) is 11.8 Å². The lowest BCUT2D eigenvalue weighted by molar-refractivity contribution is -0.385. The molecule has 0 saturated heterocycles. The lowest BCUT2D eigenvalue weighted by atomic mass is 10.1. The number of thioether (sulfide) groups is 2. The Labute approximate surface area is 230 Å². The molecule has 0 unspecified atom stereocenters. The minimum atomic E-state index is -1.20. The zero-order valence-electron chi connectivity index (χ0n) is 20.2. The van der Waals surface area contributed by atoms with Crippen molar-refractivity contribution in [3.8, 4) is 0 Å². The molecule has 3 N–H and O–H groups in total. The first-order chi connectivity index (χ1) is 18.6. The van der Waals surface area contributed by atoms with Crippen LogP contribution in [0.25, 0.3) is 0 Å². The molecule has 39 heavy (non-hydrogen) atoms. The second-order valence-electron chi connectivity index (χ2n) is 7.99. The summed E-state index contributed by atoms with van der Waals surface area (Å²) in [5.41, 5.74) is 1.84. The summed E-state index contributed by atoms with van der Waals surface area (Å²) in [5, 5.41) is 36.1. The minimum Gasteiger partial charge on any atom is -0.478 e. The molecule has 0 fully saturated rings. The first-order valence-corrected chi connectivity index (χ1v) is 13.5. The summed E-state index contributed by atoms with van der Waals surface area (Å²) >= 11 is 2.55. The van der Waals surface area contributed by atoms with Crippen molar-refractivity contribution in [1.82, 2.24) is 0 Å². The molecule has 0 bridgehead atoms. The summed E-state index contributed by atoms with van der Waals surface area (Å²) in [6, 6.07) is 15.9. The Morgan fingerprint density at radius 3 is 1.54 bits per heavy atom. The number of nitro benzene ring substituents is 2. The molecule has 3 aromatic rings. The first kappa shape index (κ1) is 29.1. The molecule has 0 radical (unpaired) electrons. The predicted octanol–water partition coefficient (Wildman–Crippen LogP) is 4.95. The summed E-state index contributed by atoms with van der Waals surface area (Å²) in [5.74, 6) is -1.06. The molecule has 0 aliphatic heterocycles. The van der Waals surface area contributed by atoms with Crippen molar-refractivity contribution in [3.63, 3.8) is 0 Å². The number of carboxylic acids is 1. The highest BCUT2D eigenvalue weighted by molar-refractivity contribution is 7.99. The quantitative estimate of drug-likeness (QED) is 0.188. The molecule has 3 rings (SSSR count). The number of benzene rings is 3. The van der Waals surface area contributed by atoms with E-state index in [0.717, 1.165) is 11.1 Å². The maximum absolute atomic E-state index is 12.5. The highest BCUT2D eigenvalue weighted by atomic mass is 32.2. The smallest absolute Gasteiger partial charge is 0.335 e. The number of aromatic carboxylic acids is 1. The Bertz CT molecular complexity index is 1380. The van der Waals surface area contributed by atoms with Crippen molar-refractivity contribution in [3.05, 3.63) is 104 Å². The molecule has 12 nitrogen and oxygen atoms in total. The summed E-state index contributed by atoms with van der Waals surface area (Å²) in [7, 11) is 0. The largest absolute Gasteiger partial charge is 0.478 e. The second-order valence-corrected chi connectivity index (χ2v) is 9.97. The SMILES string of the molecule is O=C(CSCc1ccc([N+](=O)[O-])cc1)Nc1ccc(C(=O)O)cc1NC(=O)CSCc1ccc([N+](=O)[O-])cc1. The van der Waals surface area contributed by atoms with E-state index in [-0.39, 0.29) is 45.7 Å². The molecule has 202 valence electrons. The number of nitrogens with zero attached hydrogens (tertiary/aromatic N) is 2. The van der Waals surface area contributed by atoms with E-state index in [1.165, 1.54) is 66.0 Å². The van der Waals surface area contributed by atoms with Gasteiger partial charge in [0, 0.05) is 35.8 Å². The standard InChI is InChI=1S/C25H22N4O8S2/c30-23(14-38-12-16-1-6-19(7-2-16)28(34)35)26-21-10-5-18(25(32)33)11-22(21)27-24(31)15-39-13-17-3-8-20(9-4-17)29(36)37/h1-11H,12-15H2,(H,26,30)(H,27,31)(H,32,33). The lowest BCUT2D eigenvalue weighted by Gasteiger charge is -2.13. The predicted molar refractivity (Wildman–Crippen MR) is 149 cm³/mol. The number of carboxylic acid groups (broad SMARTS) is 1. The molecular formula is C25H22N4O8S2. The normalized spacial score (nSPS) is 10.5.